The van der Waals surface area contributed by atoms with E-state index in [1.807, 2.05) is 49.4 Å². The number of halogens is 1. The lowest BCUT2D eigenvalue weighted by Crippen LogP contribution is -2.49. The van der Waals surface area contributed by atoms with Crippen LogP contribution in [0.5, 0.6) is 0 Å². The van der Waals surface area contributed by atoms with E-state index in [0.717, 1.165) is 105 Å². The first-order chi connectivity index (χ1) is 23.1. The molecule has 4 aliphatic rings. The molecule has 264 valence electrons. The SMILES string of the molecule is CC(C)=CCBr.CC(C)=CCN1CCC2(CCC(=O)c3ccccc3N2)CC1.CCS.O=C1CCC2(CCNCC2)Nc2ccccc21. The van der Waals surface area contributed by atoms with Crippen LogP contribution in [0, 0.1) is 0 Å². The first-order valence-corrected chi connectivity index (χ1v) is 19.5. The molecule has 4 heterocycles. The highest BCUT2D eigenvalue weighted by molar-refractivity contribution is 9.09. The first-order valence-electron chi connectivity index (χ1n) is 17.7. The number of hydrogen-bond donors (Lipinski definition) is 4. The number of carbonyl (C=O) groups is 2. The summed E-state index contributed by atoms with van der Waals surface area (Å²) in [5.74, 6) is 1.51. The quantitative estimate of drug-likeness (QED) is 0.143. The van der Waals surface area contributed by atoms with Gasteiger partial charge in [-0.05, 0) is 109 Å². The molecule has 2 saturated heterocycles. The highest BCUT2D eigenvalue weighted by atomic mass is 79.9. The number of allylic oxidation sites excluding steroid dienone is 3. The Labute approximate surface area is 304 Å². The van der Waals surface area contributed by atoms with Crippen LogP contribution in [0.25, 0.3) is 0 Å². The average Bonchev–Trinajstić information content (AvgIpc) is 3.30. The highest BCUT2D eigenvalue weighted by Crippen LogP contribution is 2.37. The number of ketones is 2. The number of fused-ring (bicyclic) bond motifs is 2. The van der Waals surface area contributed by atoms with Gasteiger partial charge in [0.15, 0.2) is 11.6 Å². The lowest BCUT2D eigenvalue weighted by Gasteiger charge is -2.42. The number of Topliss-reactive ketones (excluding diaryl/α,β-unsaturated/α-hetero) is 2. The Balaban J connectivity index is 0.000000212. The molecule has 8 heteroatoms. The number of anilines is 2. The Morgan fingerprint density at radius 1 is 0.750 bits per heavy atom. The van der Waals surface area contributed by atoms with Gasteiger partial charge in [-0.1, -0.05) is 70.4 Å². The normalized spacial score (nSPS) is 19.0. The van der Waals surface area contributed by atoms with Crippen molar-refractivity contribution in [3.05, 3.63) is 83.0 Å². The summed E-state index contributed by atoms with van der Waals surface area (Å²) >= 11 is 7.06. The monoisotopic (exact) mass is 738 g/mol. The minimum atomic E-state index is 0.101. The number of thiol groups is 1. The molecule has 2 aromatic carbocycles. The summed E-state index contributed by atoms with van der Waals surface area (Å²) in [5, 5.41) is 11.7. The largest absolute Gasteiger partial charge is 0.379 e. The molecular formula is C40H59BrN4O2S. The van der Waals surface area contributed by atoms with Gasteiger partial charge in [0.2, 0.25) is 0 Å². The molecule has 6 nitrogen and oxygen atoms in total. The Bertz CT molecular complexity index is 1370. The van der Waals surface area contributed by atoms with Gasteiger partial charge < -0.3 is 16.0 Å². The molecule has 0 unspecified atom stereocenters. The van der Waals surface area contributed by atoms with E-state index >= 15 is 0 Å². The van der Waals surface area contributed by atoms with Crippen molar-refractivity contribution >= 4 is 51.5 Å². The Morgan fingerprint density at radius 3 is 1.60 bits per heavy atom. The van der Waals surface area contributed by atoms with Crippen molar-refractivity contribution in [3.8, 4) is 0 Å². The average molecular weight is 740 g/mol. The molecule has 0 bridgehead atoms. The number of carbonyl (C=O) groups excluding carboxylic acids is 2. The second-order valence-electron chi connectivity index (χ2n) is 13.8. The van der Waals surface area contributed by atoms with E-state index in [2.05, 4.69) is 95.3 Å². The van der Waals surface area contributed by atoms with Gasteiger partial charge in [-0.2, -0.15) is 12.6 Å². The predicted molar refractivity (Wildman–Crippen MR) is 213 cm³/mol. The molecule has 2 spiro atoms. The molecule has 2 aromatic rings. The van der Waals surface area contributed by atoms with E-state index in [0.29, 0.717) is 12.8 Å². The third kappa shape index (κ3) is 12.5. The van der Waals surface area contributed by atoms with Gasteiger partial charge in [0, 0.05) is 71.4 Å². The fourth-order valence-corrected chi connectivity index (χ4v) is 7.27. The van der Waals surface area contributed by atoms with Crippen LogP contribution < -0.4 is 16.0 Å². The summed E-state index contributed by atoms with van der Waals surface area (Å²) in [7, 11) is 0. The third-order valence-corrected chi connectivity index (χ3v) is 9.86. The van der Waals surface area contributed by atoms with Gasteiger partial charge in [-0.15, -0.1) is 0 Å². The zero-order valence-corrected chi connectivity index (χ0v) is 32.4. The van der Waals surface area contributed by atoms with E-state index in [-0.39, 0.29) is 22.6 Å². The second kappa shape index (κ2) is 20.3. The highest BCUT2D eigenvalue weighted by Gasteiger charge is 2.38. The van der Waals surface area contributed by atoms with Crippen LogP contribution in [-0.4, -0.2) is 71.4 Å². The molecule has 0 aliphatic carbocycles. The summed E-state index contributed by atoms with van der Waals surface area (Å²) in [4.78, 5) is 26.9. The van der Waals surface area contributed by atoms with Gasteiger partial charge in [-0.3, -0.25) is 14.5 Å². The lowest BCUT2D eigenvalue weighted by atomic mass is 9.83. The second-order valence-corrected chi connectivity index (χ2v) is 15.1. The molecule has 0 radical (unpaired) electrons. The van der Waals surface area contributed by atoms with Crippen LogP contribution in [0.2, 0.25) is 0 Å². The van der Waals surface area contributed by atoms with E-state index < -0.39 is 0 Å². The van der Waals surface area contributed by atoms with Crippen molar-refractivity contribution in [1.82, 2.24) is 10.2 Å². The maximum atomic E-state index is 12.3. The maximum Gasteiger partial charge on any atom is 0.165 e. The van der Waals surface area contributed by atoms with Gasteiger partial charge in [-0.25, -0.2) is 0 Å². The Kier molecular flexibility index (Phi) is 17.0. The lowest BCUT2D eigenvalue weighted by molar-refractivity contribution is 0.0962. The van der Waals surface area contributed by atoms with Crippen molar-refractivity contribution in [2.75, 3.05) is 54.4 Å². The van der Waals surface area contributed by atoms with Gasteiger partial charge >= 0.3 is 0 Å². The minimum absolute atomic E-state index is 0.101. The Morgan fingerprint density at radius 2 is 1.19 bits per heavy atom. The van der Waals surface area contributed by atoms with Crippen LogP contribution in [0.3, 0.4) is 0 Å². The number of piperidine rings is 2. The summed E-state index contributed by atoms with van der Waals surface area (Å²) < 4.78 is 0. The topological polar surface area (TPSA) is 73.5 Å². The number of nitrogens with zero attached hydrogens (tertiary/aromatic N) is 1. The van der Waals surface area contributed by atoms with Crippen molar-refractivity contribution < 1.29 is 9.59 Å². The number of nitrogens with one attached hydrogen (secondary N) is 3. The number of para-hydroxylation sites is 2. The van der Waals surface area contributed by atoms with Crippen LogP contribution >= 0.6 is 28.6 Å². The van der Waals surface area contributed by atoms with Crippen LogP contribution in [0.4, 0.5) is 11.4 Å². The van der Waals surface area contributed by atoms with E-state index in [1.165, 1.54) is 11.1 Å². The van der Waals surface area contributed by atoms with Crippen LogP contribution in [0.1, 0.15) is 107 Å². The number of benzene rings is 2. The molecule has 0 aromatic heterocycles. The number of hydrogen-bond acceptors (Lipinski definition) is 7. The van der Waals surface area contributed by atoms with Crippen LogP contribution in [0.15, 0.2) is 71.8 Å². The van der Waals surface area contributed by atoms with Crippen molar-refractivity contribution in [2.24, 2.45) is 0 Å². The maximum absolute atomic E-state index is 12.3. The van der Waals surface area contributed by atoms with Crippen LogP contribution in [-0.2, 0) is 0 Å². The fraction of sp³-hybridized carbons (Fsp3) is 0.550. The molecule has 4 aliphatic heterocycles. The standard InChI is InChI=1S/C19H26N2O.C14H18N2O.C5H9Br.C2H6S/c1-15(2)8-12-21-13-10-19(11-14-21)9-7-18(22)16-5-3-4-6-17(16)20-19;17-13-5-6-14(7-9-15-10-8-14)16-12-4-2-1-3-11(12)13;1-5(2)3-4-6;1-2-3/h3-6,8,20H,7,9-14H2,1-2H3;1-4,15-16H,5-10H2;3H,4H2,1-2H3;3H,2H2,1H3. The molecular weight excluding hydrogens is 680 g/mol. The summed E-state index contributed by atoms with van der Waals surface area (Å²) in [6.45, 7) is 15.8. The van der Waals surface area contributed by atoms with Crippen molar-refractivity contribution in [2.45, 2.75) is 97.1 Å². The molecule has 48 heavy (non-hydrogen) atoms. The van der Waals surface area contributed by atoms with E-state index in [1.54, 1.807) is 0 Å². The molecule has 0 atom stereocenters. The molecule has 0 amide bonds. The molecule has 3 N–H and O–H groups in total. The predicted octanol–water partition coefficient (Wildman–Crippen LogP) is 9.36. The first kappa shape index (κ1) is 40.0. The molecule has 0 saturated carbocycles. The van der Waals surface area contributed by atoms with Gasteiger partial charge in [0.05, 0.1) is 0 Å². The van der Waals surface area contributed by atoms with E-state index in [4.69, 9.17) is 0 Å². The summed E-state index contributed by atoms with van der Waals surface area (Å²) in [6.07, 6.45) is 12.1. The minimum Gasteiger partial charge on any atom is -0.379 e. The zero-order valence-electron chi connectivity index (χ0n) is 30.0. The number of alkyl halides is 1. The van der Waals surface area contributed by atoms with Gasteiger partial charge in [0.25, 0.3) is 0 Å². The summed E-state index contributed by atoms with van der Waals surface area (Å²) in [6, 6.07) is 15.9. The Hall–Kier alpha value is -2.39. The smallest absolute Gasteiger partial charge is 0.165 e. The zero-order chi connectivity index (χ0) is 35.0. The van der Waals surface area contributed by atoms with Crippen molar-refractivity contribution in [1.29, 1.82) is 0 Å². The summed E-state index contributed by atoms with van der Waals surface area (Å²) in [5.41, 5.74) is 6.77. The molecule has 2 fully saturated rings. The fourth-order valence-electron chi connectivity index (χ4n) is 6.63. The molecule has 6 rings (SSSR count). The number of rotatable bonds is 3. The van der Waals surface area contributed by atoms with E-state index in [9.17, 15) is 9.59 Å². The third-order valence-electron chi connectivity index (χ3n) is 9.53. The van der Waals surface area contributed by atoms with Gasteiger partial charge in [0.1, 0.15) is 0 Å². The van der Waals surface area contributed by atoms with Crippen molar-refractivity contribution in [3.63, 3.8) is 0 Å². The number of likely N-dealkylation sites (tertiary alicyclic amines) is 1.